The summed E-state index contributed by atoms with van der Waals surface area (Å²) in [6, 6.07) is -2.61. The molecule has 0 bridgehead atoms. The fraction of sp³-hybridized carbons (Fsp3) is 0.800. The highest BCUT2D eigenvalue weighted by molar-refractivity contribution is 5.90. The molecule has 0 aliphatic rings. The molecule has 0 aromatic heterocycles. The second kappa shape index (κ2) is 11.0. The average Bonchev–Trinajstić information content (AvgIpc) is 2.45. The molecule has 0 aromatic rings. The zero-order chi connectivity index (χ0) is 18.0. The monoisotopic (exact) mass is 330 g/mol. The summed E-state index contributed by atoms with van der Waals surface area (Å²) in [5, 5.41) is 14.1. The summed E-state index contributed by atoms with van der Waals surface area (Å²) in [7, 11) is 0. The summed E-state index contributed by atoms with van der Waals surface area (Å²) in [6.45, 7) is 5.43. The molecular weight excluding hydrogens is 300 g/mol. The number of carboxylic acids is 1. The van der Waals surface area contributed by atoms with Crippen LogP contribution in [0.2, 0.25) is 0 Å². The van der Waals surface area contributed by atoms with Crippen LogP contribution >= 0.6 is 0 Å². The molecule has 0 saturated heterocycles. The topological polar surface area (TPSA) is 148 Å². The Morgan fingerprint density at radius 1 is 1.00 bits per heavy atom. The van der Waals surface area contributed by atoms with Gasteiger partial charge in [0.1, 0.15) is 6.04 Å². The Hall–Kier alpha value is -1.67. The molecule has 8 heteroatoms. The van der Waals surface area contributed by atoms with Crippen LogP contribution in [0.4, 0.5) is 0 Å². The molecule has 0 aliphatic carbocycles. The third-order valence-corrected chi connectivity index (χ3v) is 3.50. The molecule has 23 heavy (non-hydrogen) atoms. The van der Waals surface area contributed by atoms with Crippen molar-refractivity contribution in [2.24, 2.45) is 11.5 Å². The highest BCUT2D eigenvalue weighted by Crippen LogP contribution is 2.03. The zero-order valence-corrected chi connectivity index (χ0v) is 14.2. The number of hydrogen-bond acceptors (Lipinski definition) is 5. The zero-order valence-electron chi connectivity index (χ0n) is 14.2. The van der Waals surface area contributed by atoms with Crippen LogP contribution < -0.4 is 22.1 Å². The van der Waals surface area contributed by atoms with E-state index < -0.39 is 36.0 Å². The molecule has 2 amide bonds. The lowest BCUT2D eigenvalue weighted by Gasteiger charge is -2.25. The molecule has 2 unspecified atom stereocenters. The molecule has 8 nitrogen and oxygen atoms in total. The first-order valence-corrected chi connectivity index (χ1v) is 8.06. The first-order chi connectivity index (χ1) is 10.7. The Balaban J connectivity index is 4.82. The van der Waals surface area contributed by atoms with Crippen molar-refractivity contribution >= 4 is 17.8 Å². The Labute approximate surface area is 137 Å². The lowest BCUT2D eigenvalue weighted by molar-refractivity contribution is -0.138. The maximum Gasteiger partial charge on any atom is 0.305 e. The first kappa shape index (κ1) is 21.3. The van der Waals surface area contributed by atoms with Gasteiger partial charge in [-0.05, 0) is 19.8 Å². The standard InChI is InChI=1S/C15H30N4O4/c1-4-6-10(17)14(22)18-11(7-5-2)15(23)19-12(9(3)16)8-13(20)21/h9-12H,4-8,16-17H2,1-3H3,(H,18,22)(H,19,23)(H,20,21)/t9?,10-,11-,12?/m0/s1. The van der Waals surface area contributed by atoms with Crippen molar-refractivity contribution in [2.45, 2.75) is 77.0 Å². The van der Waals surface area contributed by atoms with Crippen LogP contribution in [-0.2, 0) is 14.4 Å². The van der Waals surface area contributed by atoms with Gasteiger partial charge in [0, 0.05) is 6.04 Å². The lowest BCUT2D eigenvalue weighted by atomic mass is 10.0. The Morgan fingerprint density at radius 3 is 2.00 bits per heavy atom. The second-order valence-corrected chi connectivity index (χ2v) is 5.82. The average molecular weight is 330 g/mol. The van der Waals surface area contributed by atoms with E-state index >= 15 is 0 Å². The van der Waals surface area contributed by atoms with Gasteiger partial charge in [0.2, 0.25) is 11.8 Å². The minimum atomic E-state index is -1.05. The number of rotatable bonds is 11. The van der Waals surface area contributed by atoms with Gasteiger partial charge in [-0.1, -0.05) is 26.7 Å². The molecular formula is C15H30N4O4. The van der Waals surface area contributed by atoms with Crippen LogP contribution in [0.1, 0.15) is 52.9 Å². The summed E-state index contributed by atoms with van der Waals surface area (Å²) in [5.41, 5.74) is 11.5. The summed E-state index contributed by atoms with van der Waals surface area (Å²) in [4.78, 5) is 35.2. The van der Waals surface area contributed by atoms with Gasteiger partial charge in [-0.2, -0.15) is 0 Å². The smallest absolute Gasteiger partial charge is 0.305 e. The number of hydrogen-bond donors (Lipinski definition) is 5. The van der Waals surface area contributed by atoms with Crippen molar-refractivity contribution in [1.29, 1.82) is 0 Å². The lowest BCUT2D eigenvalue weighted by Crippen LogP contribution is -2.56. The van der Waals surface area contributed by atoms with Gasteiger partial charge in [-0.25, -0.2) is 0 Å². The van der Waals surface area contributed by atoms with Crippen LogP contribution in [0.15, 0.2) is 0 Å². The van der Waals surface area contributed by atoms with Crippen LogP contribution in [-0.4, -0.2) is 47.1 Å². The normalized spacial score (nSPS) is 16.0. The molecule has 0 spiro atoms. The number of carboxylic acid groups (broad SMARTS) is 1. The van der Waals surface area contributed by atoms with E-state index in [0.717, 1.165) is 6.42 Å². The SMILES string of the molecule is CCC[C@H](NC(=O)[C@@H](N)CCC)C(=O)NC(CC(=O)O)C(C)N. The third-order valence-electron chi connectivity index (χ3n) is 3.50. The number of nitrogens with two attached hydrogens (primary N) is 2. The second-order valence-electron chi connectivity index (χ2n) is 5.82. The largest absolute Gasteiger partial charge is 0.481 e. The summed E-state index contributed by atoms with van der Waals surface area (Å²) < 4.78 is 0. The van der Waals surface area contributed by atoms with Gasteiger partial charge in [-0.3, -0.25) is 14.4 Å². The number of carbonyl (C=O) groups is 3. The Kier molecular flexibility index (Phi) is 10.2. The quantitative estimate of drug-likeness (QED) is 0.351. The van der Waals surface area contributed by atoms with Crippen LogP contribution in [0.25, 0.3) is 0 Å². The predicted molar refractivity (Wildman–Crippen MR) is 87.6 cm³/mol. The van der Waals surface area contributed by atoms with Crippen molar-refractivity contribution in [3.63, 3.8) is 0 Å². The number of carbonyl (C=O) groups excluding carboxylic acids is 2. The van der Waals surface area contributed by atoms with E-state index in [4.69, 9.17) is 16.6 Å². The number of aliphatic carboxylic acids is 1. The van der Waals surface area contributed by atoms with Gasteiger partial charge in [0.05, 0.1) is 18.5 Å². The van der Waals surface area contributed by atoms with E-state index in [9.17, 15) is 14.4 Å². The third kappa shape index (κ3) is 8.51. The maximum absolute atomic E-state index is 12.3. The number of nitrogens with one attached hydrogen (secondary N) is 2. The first-order valence-electron chi connectivity index (χ1n) is 8.06. The fourth-order valence-electron chi connectivity index (χ4n) is 2.12. The van der Waals surface area contributed by atoms with Crippen LogP contribution in [0, 0.1) is 0 Å². The summed E-state index contributed by atoms with van der Waals surface area (Å²) in [6.07, 6.45) is 2.15. The minimum absolute atomic E-state index is 0.272. The summed E-state index contributed by atoms with van der Waals surface area (Å²) in [5.74, 6) is -1.86. The van der Waals surface area contributed by atoms with Gasteiger partial charge < -0.3 is 27.2 Å². The molecule has 0 rings (SSSR count). The van der Waals surface area contributed by atoms with Crippen molar-refractivity contribution in [1.82, 2.24) is 10.6 Å². The molecule has 7 N–H and O–H groups in total. The van der Waals surface area contributed by atoms with Gasteiger partial charge in [0.25, 0.3) is 0 Å². The maximum atomic E-state index is 12.3. The molecule has 0 saturated carbocycles. The van der Waals surface area contributed by atoms with Crippen LogP contribution in [0.3, 0.4) is 0 Å². The van der Waals surface area contributed by atoms with Crippen molar-refractivity contribution in [2.75, 3.05) is 0 Å². The number of amides is 2. The molecule has 0 heterocycles. The highest BCUT2D eigenvalue weighted by atomic mass is 16.4. The highest BCUT2D eigenvalue weighted by Gasteiger charge is 2.26. The van der Waals surface area contributed by atoms with E-state index in [2.05, 4.69) is 10.6 Å². The molecule has 0 fully saturated rings. The van der Waals surface area contributed by atoms with Gasteiger partial charge in [0.15, 0.2) is 0 Å². The van der Waals surface area contributed by atoms with E-state index in [1.54, 1.807) is 6.92 Å². The van der Waals surface area contributed by atoms with E-state index in [1.165, 1.54) is 0 Å². The molecule has 134 valence electrons. The van der Waals surface area contributed by atoms with Crippen LogP contribution in [0.5, 0.6) is 0 Å². The van der Waals surface area contributed by atoms with Crippen molar-refractivity contribution in [3.8, 4) is 0 Å². The van der Waals surface area contributed by atoms with Gasteiger partial charge in [-0.15, -0.1) is 0 Å². The molecule has 0 radical (unpaired) electrons. The Morgan fingerprint density at radius 2 is 1.57 bits per heavy atom. The fourth-order valence-corrected chi connectivity index (χ4v) is 2.12. The van der Waals surface area contributed by atoms with E-state index in [0.29, 0.717) is 19.3 Å². The van der Waals surface area contributed by atoms with Crippen molar-refractivity contribution < 1.29 is 19.5 Å². The molecule has 4 atom stereocenters. The Bertz CT molecular complexity index is 401. The van der Waals surface area contributed by atoms with Gasteiger partial charge >= 0.3 is 5.97 Å². The van der Waals surface area contributed by atoms with Crippen molar-refractivity contribution in [3.05, 3.63) is 0 Å². The molecule has 0 aliphatic heterocycles. The van der Waals surface area contributed by atoms with E-state index in [-0.39, 0.29) is 12.3 Å². The van der Waals surface area contributed by atoms with E-state index in [1.807, 2.05) is 13.8 Å². The summed E-state index contributed by atoms with van der Waals surface area (Å²) >= 11 is 0. The minimum Gasteiger partial charge on any atom is -0.481 e. The molecule has 0 aromatic carbocycles. The predicted octanol–water partition coefficient (Wildman–Crippen LogP) is -0.295.